The Morgan fingerprint density at radius 1 is 1.47 bits per heavy atom. The molecule has 3 nitrogen and oxygen atoms in total. The number of carbonyl (C=O) groups is 1. The van der Waals surface area contributed by atoms with Gasteiger partial charge < -0.3 is 9.47 Å². The average molecular weight is 210 g/mol. The van der Waals surface area contributed by atoms with Crippen LogP contribution in [0.5, 0.6) is 5.75 Å². The van der Waals surface area contributed by atoms with Gasteiger partial charge in [-0.05, 0) is 31.0 Å². The summed E-state index contributed by atoms with van der Waals surface area (Å²) in [5, 5.41) is 0. The molecule has 0 unspecified atom stereocenters. The molecule has 0 atom stereocenters. The molecule has 1 aliphatic rings. The highest BCUT2D eigenvalue weighted by Gasteiger charge is 2.26. The molecule has 1 fully saturated rings. The molecule has 0 N–H and O–H groups in total. The van der Waals surface area contributed by atoms with Crippen molar-refractivity contribution in [3.8, 4) is 5.75 Å². The predicted molar refractivity (Wildman–Crippen MR) is 51.4 cm³/mol. The van der Waals surface area contributed by atoms with E-state index in [-0.39, 0.29) is 11.7 Å². The monoisotopic (exact) mass is 210 g/mol. The third kappa shape index (κ3) is 2.26. The molecule has 1 aromatic carbocycles. The first-order valence-electron chi connectivity index (χ1n) is 4.75. The van der Waals surface area contributed by atoms with Crippen molar-refractivity contribution in [2.75, 3.05) is 7.11 Å². The second kappa shape index (κ2) is 3.88. The zero-order chi connectivity index (χ0) is 10.8. The van der Waals surface area contributed by atoms with Gasteiger partial charge in [-0.3, -0.25) is 0 Å². The number of halogens is 1. The second-order valence-electron chi connectivity index (χ2n) is 3.45. The highest BCUT2D eigenvalue weighted by Crippen LogP contribution is 2.29. The molecule has 0 heterocycles. The largest absolute Gasteiger partial charge is 0.490 e. The molecule has 1 aliphatic carbocycles. The Hall–Kier alpha value is -1.58. The predicted octanol–water partition coefficient (Wildman–Crippen LogP) is 2.15. The molecule has 4 heteroatoms. The van der Waals surface area contributed by atoms with Crippen LogP contribution in [0.1, 0.15) is 23.2 Å². The van der Waals surface area contributed by atoms with Gasteiger partial charge in [-0.15, -0.1) is 0 Å². The van der Waals surface area contributed by atoms with Crippen LogP contribution in [0.4, 0.5) is 4.39 Å². The topological polar surface area (TPSA) is 35.5 Å². The van der Waals surface area contributed by atoms with Crippen molar-refractivity contribution in [3.63, 3.8) is 0 Å². The average Bonchev–Trinajstić information content (AvgIpc) is 3.03. The molecule has 0 saturated heterocycles. The van der Waals surface area contributed by atoms with Gasteiger partial charge in [0.1, 0.15) is 17.1 Å². The first-order valence-corrected chi connectivity index (χ1v) is 4.75. The molecule has 0 aromatic heterocycles. The Balaban J connectivity index is 2.29. The number of ether oxygens (including phenoxy) is 2. The van der Waals surface area contributed by atoms with E-state index in [9.17, 15) is 9.18 Å². The minimum atomic E-state index is -0.579. The fourth-order valence-corrected chi connectivity index (χ4v) is 1.24. The van der Waals surface area contributed by atoms with Gasteiger partial charge >= 0.3 is 5.97 Å². The van der Waals surface area contributed by atoms with Gasteiger partial charge in [0, 0.05) is 0 Å². The number of rotatable bonds is 3. The van der Waals surface area contributed by atoms with Crippen LogP contribution < -0.4 is 4.74 Å². The fourth-order valence-electron chi connectivity index (χ4n) is 1.24. The molecule has 1 saturated carbocycles. The minimum Gasteiger partial charge on any atom is -0.490 e. The molecule has 0 aliphatic heterocycles. The van der Waals surface area contributed by atoms with E-state index in [4.69, 9.17) is 4.74 Å². The van der Waals surface area contributed by atoms with E-state index in [1.807, 2.05) is 0 Å². The van der Waals surface area contributed by atoms with E-state index < -0.39 is 11.8 Å². The van der Waals surface area contributed by atoms with Crippen LogP contribution in [0.25, 0.3) is 0 Å². The summed E-state index contributed by atoms with van der Waals surface area (Å²) in [4.78, 5) is 11.3. The lowest BCUT2D eigenvalue weighted by Gasteiger charge is -2.08. The Bertz CT molecular complexity index is 385. The molecule has 80 valence electrons. The summed E-state index contributed by atoms with van der Waals surface area (Å²) >= 11 is 0. The van der Waals surface area contributed by atoms with Gasteiger partial charge in [0.2, 0.25) is 0 Å². The van der Waals surface area contributed by atoms with Gasteiger partial charge in [-0.1, -0.05) is 0 Å². The van der Waals surface area contributed by atoms with E-state index in [1.54, 1.807) is 0 Å². The highest BCUT2D eigenvalue weighted by atomic mass is 19.1. The quantitative estimate of drug-likeness (QED) is 0.717. The van der Waals surface area contributed by atoms with Crippen LogP contribution in [0.15, 0.2) is 18.2 Å². The lowest BCUT2D eigenvalue weighted by atomic mass is 10.2. The zero-order valence-electron chi connectivity index (χ0n) is 8.33. The normalized spacial score (nSPS) is 14.8. The van der Waals surface area contributed by atoms with Crippen LogP contribution in [-0.4, -0.2) is 19.2 Å². The second-order valence-corrected chi connectivity index (χ2v) is 3.45. The number of benzene rings is 1. The number of carbonyl (C=O) groups excluding carboxylic acids is 1. The molecule has 1 aromatic rings. The first kappa shape index (κ1) is 9.96. The van der Waals surface area contributed by atoms with Gasteiger partial charge in [-0.25, -0.2) is 9.18 Å². The van der Waals surface area contributed by atoms with Crippen molar-refractivity contribution in [2.45, 2.75) is 18.9 Å². The van der Waals surface area contributed by atoms with Crippen molar-refractivity contribution in [1.82, 2.24) is 0 Å². The molecule has 2 rings (SSSR count). The van der Waals surface area contributed by atoms with E-state index in [0.29, 0.717) is 5.75 Å². The standard InChI is InChI=1S/C11H11FO3/c1-14-11(13)9-6-7(12)2-5-10(9)15-8-3-4-8/h2,5-6,8H,3-4H2,1H3. The molecule has 0 amide bonds. The Morgan fingerprint density at radius 2 is 2.20 bits per heavy atom. The molecule has 0 radical (unpaired) electrons. The SMILES string of the molecule is COC(=O)c1cc(F)ccc1OC1CC1. The van der Waals surface area contributed by atoms with E-state index in [1.165, 1.54) is 19.2 Å². The Labute approximate surface area is 86.8 Å². The van der Waals surface area contributed by atoms with E-state index >= 15 is 0 Å². The summed E-state index contributed by atoms with van der Waals surface area (Å²) in [7, 11) is 1.26. The molecule has 0 bridgehead atoms. The van der Waals surface area contributed by atoms with Crippen LogP contribution >= 0.6 is 0 Å². The summed E-state index contributed by atoms with van der Waals surface area (Å²) in [6, 6.07) is 3.85. The summed E-state index contributed by atoms with van der Waals surface area (Å²) < 4.78 is 22.9. The van der Waals surface area contributed by atoms with E-state index in [2.05, 4.69) is 4.74 Å². The molecular weight excluding hydrogens is 199 g/mol. The van der Waals surface area contributed by atoms with Gasteiger partial charge in [0.25, 0.3) is 0 Å². The first-order chi connectivity index (χ1) is 7.20. The maximum absolute atomic E-state index is 12.9. The zero-order valence-corrected chi connectivity index (χ0v) is 8.33. The summed E-state index contributed by atoms with van der Waals surface area (Å²) in [6.07, 6.45) is 2.13. The summed E-state index contributed by atoms with van der Waals surface area (Å²) in [6.45, 7) is 0. The highest BCUT2D eigenvalue weighted by molar-refractivity contribution is 5.92. The van der Waals surface area contributed by atoms with Crippen molar-refractivity contribution in [3.05, 3.63) is 29.6 Å². The van der Waals surface area contributed by atoms with Crippen molar-refractivity contribution in [2.24, 2.45) is 0 Å². The Kier molecular flexibility index (Phi) is 2.58. The number of hydrogen-bond donors (Lipinski definition) is 0. The van der Waals surface area contributed by atoms with Crippen molar-refractivity contribution in [1.29, 1.82) is 0 Å². The summed E-state index contributed by atoms with van der Waals surface area (Å²) in [5.74, 6) is -0.658. The minimum absolute atomic E-state index is 0.143. The van der Waals surface area contributed by atoms with Crippen LogP contribution in [0, 0.1) is 5.82 Å². The smallest absolute Gasteiger partial charge is 0.341 e. The third-order valence-electron chi connectivity index (χ3n) is 2.16. The van der Waals surface area contributed by atoms with Gasteiger partial charge in [-0.2, -0.15) is 0 Å². The Morgan fingerprint density at radius 3 is 2.80 bits per heavy atom. The maximum Gasteiger partial charge on any atom is 0.341 e. The van der Waals surface area contributed by atoms with Crippen LogP contribution in [0.2, 0.25) is 0 Å². The van der Waals surface area contributed by atoms with Crippen molar-refractivity contribution >= 4 is 5.97 Å². The lowest BCUT2D eigenvalue weighted by molar-refractivity contribution is 0.0595. The molecule has 15 heavy (non-hydrogen) atoms. The van der Waals surface area contributed by atoms with E-state index in [0.717, 1.165) is 18.9 Å². The van der Waals surface area contributed by atoms with Gasteiger partial charge in [0.15, 0.2) is 0 Å². The number of esters is 1. The third-order valence-corrected chi connectivity index (χ3v) is 2.16. The lowest BCUT2D eigenvalue weighted by Crippen LogP contribution is -2.07. The fraction of sp³-hybridized carbons (Fsp3) is 0.364. The number of hydrogen-bond acceptors (Lipinski definition) is 3. The summed E-state index contributed by atoms with van der Waals surface area (Å²) in [5.41, 5.74) is 0.143. The van der Waals surface area contributed by atoms with Crippen molar-refractivity contribution < 1.29 is 18.7 Å². The maximum atomic E-state index is 12.9. The van der Waals surface area contributed by atoms with Crippen LogP contribution in [0.3, 0.4) is 0 Å². The number of methoxy groups -OCH3 is 1. The molecule has 0 spiro atoms. The molecular formula is C11H11FO3. The van der Waals surface area contributed by atoms with Crippen LogP contribution in [-0.2, 0) is 4.74 Å². The van der Waals surface area contributed by atoms with Gasteiger partial charge in [0.05, 0.1) is 13.2 Å².